The summed E-state index contributed by atoms with van der Waals surface area (Å²) in [7, 11) is 3.66. The van der Waals surface area contributed by atoms with Gasteiger partial charge in [0.05, 0.1) is 6.54 Å². The molecule has 0 unspecified atom stereocenters. The highest BCUT2D eigenvalue weighted by atomic mass is 15.4. The number of nitrogens with one attached hydrogen (secondary N) is 1. The monoisotopic (exact) mass is 193 g/mol. The van der Waals surface area contributed by atoms with Crippen LogP contribution in [0.2, 0.25) is 0 Å². The van der Waals surface area contributed by atoms with Crippen molar-refractivity contribution in [1.29, 1.82) is 0 Å². The van der Waals surface area contributed by atoms with Crippen molar-refractivity contribution in [3.8, 4) is 0 Å². The maximum absolute atomic E-state index is 4.02. The summed E-state index contributed by atoms with van der Waals surface area (Å²) in [6.07, 6.45) is 3.35. The molecule has 14 heavy (non-hydrogen) atoms. The van der Waals surface area contributed by atoms with E-state index < -0.39 is 0 Å². The van der Waals surface area contributed by atoms with Crippen LogP contribution < -0.4 is 5.32 Å². The molecule has 0 bridgehead atoms. The van der Waals surface area contributed by atoms with Gasteiger partial charge in [-0.2, -0.15) is 10.1 Å². The maximum atomic E-state index is 4.02. The summed E-state index contributed by atoms with van der Waals surface area (Å²) in [5.74, 6) is 0.718. The zero-order valence-electron chi connectivity index (χ0n) is 8.05. The van der Waals surface area contributed by atoms with Gasteiger partial charge in [-0.3, -0.25) is 4.68 Å². The van der Waals surface area contributed by atoms with Crippen LogP contribution >= 0.6 is 0 Å². The van der Waals surface area contributed by atoms with Gasteiger partial charge in [-0.1, -0.05) is 5.21 Å². The molecule has 7 heteroatoms. The lowest BCUT2D eigenvalue weighted by atomic mass is 10.5. The van der Waals surface area contributed by atoms with Crippen molar-refractivity contribution in [3.05, 3.63) is 18.2 Å². The van der Waals surface area contributed by atoms with Crippen LogP contribution in [-0.4, -0.2) is 29.8 Å². The molecule has 2 aromatic rings. The second-order valence-electron chi connectivity index (χ2n) is 2.94. The second kappa shape index (κ2) is 3.44. The van der Waals surface area contributed by atoms with E-state index >= 15 is 0 Å². The molecular weight excluding hydrogens is 182 g/mol. The van der Waals surface area contributed by atoms with E-state index in [1.54, 1.807) is 9.36 Å². The van der Waals surface area contributed by atoms with Crippen molar-refractivity contribution in [2.45, 2.75) is 6.54 Å². The van der Waals surface area contributed by atoms with Crippen molar-refractivity contribution in [2.24, 2.45) is 14.1 Å². The Balaban J connectivity index is 1.98. The molecule has 0 radical (unpaired) electrons. The summed E-state index contributed by atoms with van der Waals surface area (Å²) in [5, 5.41) is 14.8. The number of hydrogen-bond acceptors (Lipinski definition) is 5. The summed E-state index contributed by atoms with van der Waals surface area (Å²) in [4.78, 5) is 4.02. The molecule has 0 fully saturated rings. The first-order chi connectivity index (χ1) is 6.75. The van der Waals surface area contributed by atoms with Gasteiger partial charge in [-0.15, -0.1) is 5.10 Å². The van der Waals surface area contributed by atoms with Gasteiger partial charge in [0.15, 0.2) is 0 Å². The Labute approximate surface area is 80.8 Å². The zero-order valence-corrected chi connectivity index (χ0v) is 8.05. The molecule has 0 saturated carbocycles. The molecular formula is C7H11N7. The van der Waals surface area contributed by atoms with E-state index in [1.807, 2.05) is 20.3 Å². The van der Waals surface area contributed by atoms with Gasteiger partial charge in [0.2, 0.25) is 5.95 Å². The second-order valence-corrected chi connectivity index (χ2v) is 2.94. The SMILES string of the molecule is Cn1cc(CNc2ncnn2C)nn1. The molecule has 7 nitrogen and oxygen atoms in total. The van der Waals surface area contributed by atoms with Gasteiger partial charge in [0.25, 0.3) is 0 Å². The lowest BCUT2D eigenvalue weighted by Gasteiger charge is -2.00. The largest absolute Gasteiger partial charge is 0.349 e. The van der Waals surface area contributed by atoms with Crippen molar-refractivity contribution in [3.63, 3.8) is 0 Å². The number of nitrogens with zero attached hydrogens (tertiary/aromatic N) is 6. The average Bonchev–Trinajstić information content (AvgIpc) is 2.72. The standard InChI is InChI=1S/C7H11N7/c1-13-4-6(11-12-13)3-8-7-9-5-10-14(7)2/h4-5H,3H2,1-2H3,(H,8,9,10). The number of anilines is 1. The number of hydrogen-bond donors (Lipinski definition) is 1. The molecule has 0 atom stereocenters. The predicted molar refractivity (Wildman–Crippen MR) is 49.3 cm³/mol. The van der Waals surface area contributed by atoms with Crippen LogP contribution in [0.3, 0.4) is 0 Å². The zero-order chi connectivity index (χ0) is 9.97. The van der Waals surface area contributed by atoms with Gasteiger partial charge >= 0.3 is 0 Å². The Morgan fingerprint density at radius 2 is 2.29 bits per heavy atom. The molecule has 2 rings (SSSR count). The first-order valence-electron chi connectivity index (χ1n) is 4.19. The van der Waals surface area contributed by atoms with E-state index in [9.17, 15) is 0 Å². The molecule has 74 valence electrons. The van der Waals surface area contributed by atoms with Gasteiger partial charge < -0.3 is 5.32 Å². The fraction of sp³-hybridized carbons (Fsp3) is 0.429. The lowest BCUT2D eigenvalue weighted by Crippen LogP contribution is -2.05. The minimum absolute atomic E-state index is 0.598. The molecule has 0 amide bonds. The first-order valence-corrected chi connectivity index (χ1v) is 4.19. The van der Waals surface area contributed by atoms with E-state index in [0.717, 1.165) is 11.6 Å². The quantitative estimate of drug-likeness (QED) is 0.715. The summed E-state index contributed by atoms with van der Waals surface area (Å²) in [6, 6.07) is 0. The van der Waals surface area contributed by atoms with E-state index in [0.29, 0.717) is 6.54 Å². The molecule has 0 aliphatic rings. The number of aryl methyl sites for hydroxylation is 2. The fourth-order valence-corrected chi connectivity index (χ4v) is 1.10. The third-order valence-electron chi connectivity index (χ3n) is 1.79. The third-order valence-corrected chi connectivity index (χ3v) is 1.79. The Kier molecular flexibility index (Phi) is 2.13. The van der Waals surface area contributed by atoms with Crippen molar-refractivity contribution in [2.75, 3.05) is 5.32 Å². The minimum atomic E-state index is 0.598. The molecule has 1 N–H and O–H groups in total. The summed E-state index contributed by atoms with van der Waals surface area (Å²) < 4.78 is 3.32. The van der Waals surface area contributed by atoms with Crippen LogP contribution in [0.25, 0.3) is 0 Å². The Bertz CT molecular complexity index is 415. The van der Waals surface area contributed by atoms with Gasteiger partial charge in [-0.05, 0) is 0 Å². The van der Waals surface area contributed by atoms with E-state index in [-0.39, 0.29) is 0 Å². The Morgan fingerprint density at radius 1 is 1.43 bits per heavy atom. The molecule has 2 aromatic heterocycles. The highest BCUT2D eigenvalue weighted by Crippen LogP contribution is 2.00. The van der Waals surface area contributed by atoms with Crippen molar-refractivity contribution < 1.29 is 0 Å². The maximum Gasteiger partial charge on any atom is 0.221 e. The smallest absolute Gasteiger partial charge is 0.221 e. The van der Waals surface area contributed by atoms with Crippen molar-refractivity contribution >= 4 is 5.95 Å². The highest BCUT2D eigenvalue weighted by molar-refractivity contribution is 5.23. The third kappa shape index (κ3) is 1.70. The fourth-order valence-electron chi connectivity index (χ4n) is 1.10. The molecule has 0 aliphatic carbocycles. The van der Waals surface area contributed by atoms with E-state index in [2.05, 4.69) is 25.7 Å². The van der Waals surface area contributed by atoms with Gasteiger partial charge in [0.1, 0.15) is 12.0 Å². The van der Waals surface area contributed by atoms with Gasteiger partial charge in [-0.25, -0.2) is 4.68 Å². The molecule has 0 aromatic carbocycles. The van der Waals surface area contributed by atoms with Crippen LogP contribution in [0.5, 0.6) is 0 Å². The van der Waals surface area contributed by atoms with Crippen LogP contribution in [0, 0.1) is 0 Å². The normalized spacial score (nSPS) is 10.4. The number of rotatable bonds is 3. The first kappa shape index (κ1) is 8.67. The van der Waals surface area contributed by atoms with Crippen LogP contribution in [0.1, 0.15) is 5.69 Å². The molecule has 0 aliphatic heterocycles. The lowest BCUT2D eigenvalue weighted by molar-refractivity contribution is 0.713. The summed E-state index contributed by atoms with van der Waals surface area (Å²) in [5.41, 5.74) is 0.871. The minimum Gasteiger partial charge on any atom is -0.349 e. The average molecular weight is 193 g/mol. The van der Waals surface area contributed by atoms with E-state index in [1.165, 1.54) is 6.33 Å². The predicted octanol–water partition coefficient (Wildman–Crippen LogP) is -0.444. The molecule has 0 spiro atoms. The Hall–Kier alpha value is -1.92. The van der Waals surface area contributed by atoms with Crippen molar-refractivity contribution in [1.82, 2.24) is 29.8 Å². The Morgan fingerprint density at radius 3 is 2.86 bits per heavy atom. The molecule has 0 saturated heterocycles. The topological polar surface area (TPSA) is 73.5 Å². The van der Waals surface area contributed by atoms with Crippen LogP contribution in [-0.2, 0) is 20.6 Å². The molecule has 2 heterocycles. The highest BCUT2D eigenvalue weighted by Gasteiger charge is 2.01. The van der Waals surface area contributed by atoms with E-state index in [4.69, 9.17) is 0 Å². The summed E-state index contributed by atoms with van der Waals surface area (Å²) >= 11 is 0. The summed E-state index contributed by atoms with van der Waals surface area (Å²) in [6.45, 7) is 0.598. The van der Waals surface area contributed by atoms with Gasteiger partial charge in [0, 0.05) is 20.3 Å². The number of aromatic nitrogens is 6. The van der Waals surface area contributed by atoms with Crippen LogP contribution in [0.4, 0.5) is 5.95 Å². The van der Waals surface area contributed by atoms with Crippen LogP contribution in [0.15, 0.2) is 12.5 Å².